The van der Waals surface area contributed by atoms with Crippen LogP contribution in [0.4, 0.5) is 0 Å². The van der Waals surface area contributed by atoms with Gasteiger partial charge in [-0.05, 0) is 24.3 Å². The first-order valence-electron chi connectivity index (χ1n) is 5.75. The summed E-state index contributed by atoms with van der Waals surface area (Å²) in [6, 6.07) is 5.40. The van der Waals surface area contributed by atoms with E-state index in [-0.39, 0.29) is 5.96 Å². The predicted molar refractivity (Wildman–Crippen MR) is 71.9 cm³/mol. The Morgan fingerprint density at radius 1 is 1.42 bits per heavy atom. The zero-order valence-corrected chi connectivity index (χ0v) is 10.6. The number of ether oxygens (including phenoxy) is 2. The average Bonchev–Trinajstić information content (AvgIpc) is 2.59. The molecule has 0 saturated heterocycles. The molecule has 19 heavy (non-hydrogen) atoms. The van der Waals surface area contributed by atoms with Gasteiger partial charge in [-0.2, -0.15) is 4.99 Å². The van der Waals surface area contributed by atoms with Gasteiger partial charge in [-0.3, -0.25) is 4.79 Å². The minimum atomic E-state index is -0.445. The third-order valence-corrected chi connectivity index (χ3v) is 2.68. The van der Waals surface area contributed by atoms with Crippen LogP contribution in [0.5, 0.6) is 11.5 Å². The Hall–Kier alpha value is -2.50. The standard InChI is InChI=1S/C13H15N3O3/c1-18-10-2-3-11-9(7-10)6-8(4-5-19-11)12(17)16-13(14)15/h2-3,6-7H,4-5H2,1H3,(H4,14,15,16,17). The van der Waals surface area contributed by atoms with Gasteiger partial charge in [0.25, 0.3) is 5.91 Å². The first-order chi connectivity index (χ1) is 9.10. The third kappa shape index (κ3) is 3.04. The summed E-state index contributed by atoms with van der Waals surface area (Å²) in [7, 11) is 1.58. The maximum atomic E-state index is 11.8. The van der Waals surface area contributed by atoms with Crippen LogP contribution in [0.25, 0.3) is 6.08 Å². The van der Waals surface area contributed by atoms with Crippen LogP contribution in [0, 0.1) is 0 Å². The van der Waals surface area contributed by atoms with Crippen molar-refractivity contribution in [2.45, 2.75) is 6.42 Å². The van der Waals surface area contributed by atoms with Crippen molar-refractivity contribution in [3.63, 3.8) is 0 Å². The molecule has 4 N–H and O–H groups in total. The second-order valence-electron chi connectivity index (χ2n) is 4.01. The quantitative estimate of drug-likeness (QED) is 0.601. The Bertz CT molecular complexity index is 560. The summed E-state index contributed by atoms with van der Waals surface area (Å²) in [4.78, 5) is 15.4. The van der Waals surface area contributed by atoms with Crippen LogP contribution in [0.3, 0.4) is 0 Å². The van der Waals surface area contributed by atoms with Gasteiger partial charge in [0.15, 0.2) is 5.96 Å². The number of nitrogens with zero attached hydrogens (tertiary/aromatic N) is 1. The molecule has 1 aliphatic rings. The summed E-state index contributed by atoms with van der Waals surface area (Å²) in [6.07, 6.45) is 2.17. The summed E-state index contributed by atoms with van der Waals surface area (Å²) in [6.45, 7) is 0.400. The molecule has 0 atom stereocenters. The summed E-state index contributed by atoms with van der Waals surface area (Å²) in [5, 5.41) is 0. The molecule has 0 unspecified atom stereocenters. The summed E-state index contributed by atoms with van der Waals surface area (Å²) < 4.78 is 10.7. The Labute approximate surface area is 110 Å². The van der Waals surface area contributed by atoms with Crippen LogP contribution in [-0.4, -0.2) is 25.6 Å². The molecule has 1 aromatic carbocycles. The monoisotopic (exact) mass is 261 g/mol. The van der Waals surface area contributed by atoms with Crippen molar-refractivity contribution in [1.82, 2.24) is 0 Å². The van der Waals surface area contributed by atoms with E-state index in [1.165, 1.54) is 0 Å². The Morgan fingerprint density at radius 3 is 2.89 bits per heavy atom. The Kier molecular flexibility index (Phi) is 3.70. The maximum absolute atomic E-state index is 11.8. The largest absolute Gasteiger partial charge is 0.497 e. The molecule has 1 aromatic rings. The summed E-state index contributed by atoms with van der Waals surface area (Å²) in [5.41, 5.74) is 11.7. The molecule has 0 fully saturated rings. The number of aliphatic imine (C=N–C) groups is 1. The van der Waals surface area contributed by atoms with Gasteiger partial charge in [0.05, 0.1) is 13.7 Å². The second-order valence-corrected chi connectivity index (χ2v) is 4.01. The number of methoxy groups -OCH3 is 1. The lowest BCUT2D eigenvalue weighted by atomic mass is 10.1. The molecule has 0 saturated carbocycles. The van der Waals surface area contributed by atoms with Gasteiger partial charge < -0.3 is 20.9 Å². The number of amides is 1. The number of carbonyl (C=O) groups excluding carboxylic acids is 1. The average molecular weight is 261 g/mol. The molecule has 0 aromatic heterocycles. The predicted octanol–water partition coefficient (Wildman–Crippen LogP) is 0.661. The highest BCUT2D eigenvalue weighted by Gasteiger charge is 2.15. The number of fused-ring (bicyclic) bond motifs is 1. The number of hydrogen-bond acceptors (Lipinski definition) is 3. The molecule has 1 heterocycles. The molecular weight excluding hydrogens is 246 g/mol. The fourth-order valence-corrected chi connectivity index (χ4v) is 1.79. The van der Waals surface area contributed by atoms with Crippen molar-refractivity contribution in [2.75, 3.05) is 13.7 Å². The highest BCUT2D eigenvalue weighted by molar-refractivity contribution is 6.04. The van der Waals surface area contributed by atoms with Gasteiger partial charge in [-0.25, -0.2) is 0 Å². The molecule has 100 valence electrons. The number of nitrogens with two attached hydrogens (primary N) is 2. The fraction of sp³-hybridized carbons (Fsp3) is 0.231. The molecule has 1 amide bonds. The van der Waals surface area contributed by atoms with Crippen LogP contribution in [-0.2, 0) is 4.79 Å². The van der Waals surface area contributed by atoms with E-state index < -0.39 is 5.91 Å². The smallest absolute Gasteiger partial charge is 0.276 e. The van der Waals surface area contributed by atoms with E-state index in [2.05, 4.69) is 4.99 Å². The molecule has 6 nitrogen and oxygen atoms in total. The Morgan fingerprint density at radius 2 is 2.21 bits per heavy atom. The van der Waals surface area contributed by atoms with Crippen LogP contribution < -0.4 is 20.9 Å². The highest BCUT2D eigenvalue weighted by atomic mass is 16.5. The number of guanidine groups is 1. The van der Waals surface area contributed by atoms with Crippen LogP contribution in [0.2, 0.25) is 0 Å². The number of rotatable bonds is 2. The van der Waals surface area contributed by atoms with E-state index in [9.17, 15) is 4.79 Å². The highest BCUT2D eigenvalue weighted by Crippen LogP contribution is 2.29. The van der Waals surface area contributed by atoms with Gasteiger partial charge in [0.1, 0.15) is 11.5 Å². The van der Waals surface area contributed by atoms with Gasteiger partial charge in [-0.1, -0.05) is 0 Å². The fourth-order valence-electron chi connectivity index (χ4n) is 1.79. The summed E-state index contributed by atoms with van der Waals surface area (Å²) in [5.74, 6) is 0.698. The number of hydrogen-bond donors (Lipinski definition) is 2. The van der Waals surface area contributed by atoms with Crippen LogP contribution >= 0.6 is 0 Å². The lowest BCUT2D eigenvalue weighted by Crippen LogP contribution is -2.24. The first-order valence-corrected chi connectivity index (χ1v) is 5.75. The van der Waals surface area contributed by atoms with Gasteiger partial charge >= 0.3 is 0 Å². The van der Waals surface area contributed by atoms with E-state index >= 15 is 0 Å². The number of carbonyl (C=O) groups is 1. The Balaban J connectivity index is 2.39. The lowest BCUT2D eigenvalue weighted by Gasteiger charge is -2.07. The minimum Gasteiger partial charge on any atom is -0.497 e. The van der Waals surface area contributed by atoms with E-state index in [0.717, 1.165) is 5.56 Å². The van der Waals surface area contributed by atoms with E-state index in [0.29, 0.717) is 30.1 Å². The second kappa shape index (κ2) is 5.43. The van der Waals surface area contributed by atoms with Crippen molar-refractivity contribution >= 4 is 17.9 Å². The van der Waals surface area contributed by atoms with Crippen molar-refractivity contribution in [1.29, 1.82) is 0 Å². The van der Waals surface area contributed by atoms with E-state index in [4.69, 9.17) is 20.9 Å². The molecule has 2 rings (SSSR count). The van der Waals surface area contributed by atoms with E-state index in [1.54, 1.807) is 31.4 Å². The van der Waals surface area contributed by atoms with Crippen molar-refractivity contribution < 1.29 is 14.3 Å². The third-order valence-electron chi connectivity index (χ3n) is 2.68. The van der Waals surface area contributed by atoms with Crippen molar-refractivity contribution in [2.24, 2.45) is 16.5 Å². The van der Waals surface area contributed by atoms with Crippen molar-refractivity contribution in [3.8, 4) is 11.5 Å². The van der Waals surface area contributed by atoms with Gasteiger partial charge in [-0.15, -0.1) is 0 Å². The number of benzene rings is 1. The van der Waals surface area contributed by atoms with Crippen molar-refractivity contribution in [3.05, 3.63) is 29.3 Å². The lowest BCUT2D eigenvalue weighted by molar-refractivity contribution is -0.114. The molecule has 0 aliphatic carbocycles. The van der Waals surface area contributed by atoms with E-state index in [1.807, 2.05) is 0 Å². The summed E-state index contributed by atoms with van der Waals surface area (Å²) >= 11 is 0. The molecule has 0 spiro atoms. The van der Waals surface area contributed by atoms with Gasteiger partial charge in [0.2, 0.25) is 0 Å². The molecule has 0 bridgehead atoms. The zero-order valence-electron chi connectivity index (χ0n) is 10.6. The van der Waals surface area contributed by atoms with Gasteiger partial charge in [0, 0.05) is 17.6 Å². The van der Waals surface area contributed by atoms with Crippen LogP contribution in [0.1, 0.15) is 12.0 Å². The van der Waals surface area contributed by atoms with Crippen LogP contribution in [0.15, 0.2) is 28.8 Å². The maximum Gasteiger partial charge on any atom is 0.276 e. The SMILES string of the molecule is COc1ccc2c(c1)C=C(C(=O)N=C(N)N)CCO2. The normalized spacial score (nSPS) is 13.4. The molecule has 1 aliphatic heterocycles. The zero-order chi connectivity index (χ0) is 13.8. The molecular formula is C13H15N3O3. The minimum absolute atomic E-state index is 0.248. The molecule has 6 heteroatoms. The first kappa shape index (κ1) is 12.9. The topological polar surface area (TPSA) is 99.9 Å². The molecule has 0 radical (unpaired) electrons.